The molecule has 4 nitrogen and oxygen atoms in total. The van der Waals surface area contributed by atoms with Crippen LogP contribution in [0.5, 0.6) is 23.0 Å². The minimum atomic E-state index is 0.250. The molecule has 0 amide bonds. The van der Waals surface area contributed by atoms with Crippen LogP contribution in [0.1, 0.15) is 0 Å². The first-order chi connectivity index (χ1) is 20.7. The largest absolute Gasteiger partial charge is 0.485 e. The highest BCUT2D eigenvalue weighted by atomic mass is 16.6. The molecule has 0 aliphatic rings. The van der Waals surface area contributed by atoms with E-state index < -0.39 is 0 Å². The van der Waals surface area contributed by atoms with Crippen molar-refractivity contribution in [2.24, 2.45) is 0 Å². The topological polar surface area (TPSA) is 36.9 Å². The van der Waals surface area contributed by atoms with Crippen molar-refractivity contribution >= 4 is 53.9 Å². The highest BCUT2D eigenvalue weighted by molar-refractivity contribution is 6.37. The Labute approximate surface area is 245 Å². The highest BCUT2D eigenvalue weighted by Gasteiger charge is 2.28. The second-order valence-electron chi connectivity index (χ2n) is 9.88. The monoisotopic (exact) mass is 552 g/mol. The van der Waals surface area contributed by atoms with Gasteiger partial charge in [0.1, 0.15) is 26.4 Å². The number of hydrogen-bond donors (Lipinski definition) is 0. The molecule has 0 bridgehead atoms. The van der Waals surface area contributed by atoms with E-state index in [9.17, 15) is 0 Å². The second kappa shape index (κ2) is 11.7. The van der Waals surface area contributed by atoms with Crippen LogP contribution in [0.25, 0.3) is 53.9 Å². The fourth-order valence-corrected chi connectivity index (χ4v) is 5.79. The molecule has 6 rings (SSSR count). The predicted molar refractivity (Wildman–Crippen MR) is 177 cm³/mol. The van der Waals surface area contributed by atoms with Gasteiger partial charge < -0.3 is 18.9 Å². The third kappa shape index (κ3) is 4.42. The second-order valence-corrected chi connectivity index (χ2v) is 9.88. The number of fused-ring (bicyclic) bond motifs is 10. The average Bonchev–Trinajstić information content (AvgIpc) is 3.04. The summed E-state index contributed by atoms with van der Waals surface area (Å²) in [6.45, 7) is 16.6. The van der Waals surface area contributed by atoms with Crippen molar-refractivity contribution in [2.45, 2.75) is 0 Å². The van der Waals surface area contributed by atoms with E-state index in [4.69, 9.17) is 18.9 Å². The van der Waals surface area contributed by atoms with Crippen molar-refractivity contribution in [3.63, 3.8) is 0 Å². The maximum absolute atomic E-state index is 6.47. The molecule has 6 aromatic rings. The van der Waals surface area contributed by atoms with E-state index in [2.05, 4.69) is 93.0 Å². The maximum atomic E-state index is 6.47. The van der Waals surface area contributed by atoms with Gasteiger partial charge in [0, 0.05) is 10.8 Å². The molecule has 0 spiro atoms. The van der Waals surface area contributed by atoms with Gasteiger partial charge in [-0.2, -0.15) is 0 Å². The zero-order valence-electron chi connectivity index (χ0n) is 23.5. The van der Waals surface area contributed by atoms with E-state index in [-0.39, 0.29) is 26.4 Å². The highest BCUT2D eigenvalue weighted by Crippen LogP contribution is 2.56. The van der Waals surface area contributed by atoms with Crippen LogP contribution in [0, 0.1) is 0 Å². The molecular weight excluding hydrogens is 520 g/mol. The quantitative estimate of drug-likeness (QED) is 0.112. The zero-order chi connectivity index (χ0) is 29.1. The third-order valence-electron chi connectivity index (χ3n) is 7.35. The van der Waals surface area contributed by atoms with Crippen LogP contribution in [-0.2, 0) is 0 Å². The minimum absolute atomic E-state index is 0.250. The molecule has 0 atom stereocenters. The van der Waals surface area contributed by atoms with E-state index in [1.54, 1.807) is 24.3 Å². The SMILES string of the molecule is C=CCOc1c(OCC=C)c(OCC=C)c2c3ccc4ccc5ccccc5c4c3c3ccccc3c2c1OCC=C. The van der Waals surface area contributed by atoms with Gasteiger partial charge in [-0.3, -0.25) is 0 Å². The van der Waals surface area contributed by atoms with Crippen molar-refractivity contribution in [2.75, 3.05) is 26.4 Å². The van der Waals surface area contributed by atoms with Crippen LogP contribution in [0.3, 0.4) is 0 Å². The summed E-state index contributed by atoms with van der Waals surface area (Å²) in [7, 11) is 0. The molecule has 42 heavy (non-hydrogen) atoms. The summed E-state index contributed by atoms with van der Waals surface area (Å²) >= 11 is 0. The van der Waals surface area contributed by atoms with E-state index in [0.717, 1.165) is 37.7 Å². The third-order valence-corrected chi connectivity index (χ3v) is 7.35. The molecule has 0 unspecified atom stereocenters. The normalized spacial score (nSPS) is 11.1. The molecular formula is C38H32O4. The van der Waals surface area contributed by atoms with E-state index >= 15 is 0 Å². The van der Waals surface area contributed by atoms with Crippen LogP contribution in [0.2, 0.25) is 0 Å². The molecule has 0 aliphatic carbocycles. The Morgan fingerprint density at radius 3 is 1.38 bits per heavy atom. The van der Waals surface area contributed by atoms with Gasteiger partial charge in [0.05, 0.1) is 0 Å². The fourth-order valence-electron chi connectivity index (χ4n) is 5.79. The minimum Gasteiger partial charge on any atom is -0.485 e. The van der Waals surface area contributed by atoms with E-state index in [0.29, 0.717) is 23.0 Å². The molecule has 0 heterocycles. The average molecular weight is 553 g/mol. The summed E-state index contributed by atoms with van der Waals surface area (Å²) in [6.07, 6.45) is 6.83. The maximum Gasteiger partial charge on any atom is 0.208 e. The van der Waals surface area contributed by atoms with Crippen molar-refractivity contribution in [3.8, 4) is 23.0 Å². The van der Waals surface area contributed by atoms with E-state index in [1.807, 2.05) is 6.07 Å². The molecule has 0 saturated heterocycles. The number of hydrogen-bond acceptors (Lipinski definition) is 4. The van der Waals surface area contributed by atoms with E-state index in [1.165, 1.54) is 16.2 Å². The Kier molecular flexibility index (Phi) is 7.52. The Bertz CT molecular complexity index is 2020. The lowest BCUT2D eigenvalue weighted by atomic mass is 9.88. The van der Waals surface area contributed by atoms with Gasteiger partial charge in [0.25, 0.3) is 0 Å². The van der Waals surface area contributed by atoms with Gasteiger partial charge >= 0.3 is 0 Å². The van der Waals surface area contributed by atoms with Gasteiger partial charge in [-0.05, 0) is 43.1 Å². The summed E-state index contributed by atoms with van der Waals surface area (Å²) in [5.41, 5.74) is 0. The Balaban J connectivity index is 1.93. The fraction of sp³-hybridized carbons (Fsp3) is 0.105. The van der Waals surface area contributed by atoms with Crippen LogP contribution in [-0.4, -0.2) is 26.4 Å². The molecule has 6 aromatic carbocycles. The zero-order valence-corrected chi connectivity index (χ0v) is 23.5. The smallest absolute Gasteiger partial charge is 0.208 e. The van der Waals surface area contributed by atoms with Crippen LogP contribution >= 0.6 is 0 Å². The Morgan fingerprint density at radius 2 is 0.810 bits per heavy atom. The summed E-state index contributed by atoms with van der Waals surface area (Å²) in [5, 5.41) is 10.8. The first-order valence-electron chi connectivity index (χ1n) is 14.0. The molecule has 0 N–H and O–H groups in total. The lowest BCUT2D eigenvalue weighted by Gasteiger charge is -2.24. The van der Waals surface area contributed by atoms with Crippen molar-refractivity contribution in [1.29, 1.82) is 0 Å². The lowest BCUT2D eigenvalue weighted by Crippen LogP contribution is -2.07. The van der Waals surface area contributed by atoms with Gasteiger partial charge in [-0.15, -0.1) is 0 Å². The summed E-state index contributed by atoms with van der Waals surface area (Å²) < 4.78 is 25.5. The number of rotatable bonds is 12. The first-order valence-corrected chi connectivity index (χ1v) is 14.0. The molecule has 0 saturated carbocycles. The van der Waals surface area contributed by atoms with Gasteiger partial charge in [0.2, 0.25) is 11.5 Å². The molecule has 0 radical (unpaired) electrons. The standard InChI is InChI=1S/C38H32O4/c1-5-21-39-35-33-29-16-12-11-15-28(29)32-30(20-19-26-18-17-25-13-9-10-14-27(25)31(26)32)34(33)36(40-22-6-2)38(42-24-8-4)37(35)41-23-7-3/h5-20H,1-4,21-24H2. The van der Waals surface area contributed by atoms with Crippen molar-refractivity contribution in [1.82, 2.24) is 0 Å². The van der Waals surface area contributed by atoms with Crippen LogP contribution in [0.15, 0.2) is 123 Å². The molecule has 0 fully saturated rings. The molecule has 0 aliphatic heterocycles. The van der Waals surface area contributed by atoms with Crippen LogP contribution in [0.4, 0.5) is 0 Å². The summed E-state index contributed by atoms with van der Waals surface area (Å²) in [4.78, 5) is 0. The number of ether oxygens (including phenoxy) is 4. The molecule has 208 valence electrons. The Morgan fingerprint density at radius 1 is 0.381 bits per heavy atom. The summed E-state index contributed by atoms with van der Waals surface area (Å²) in [5.74, 6) is 2.01. The molecule has 4 heteroatoms. The van der Waals surface area contributed by atoms with Crippen molar-refractivity contribution < 1.29 is 18.9 Å². The number of benzene rings is 6. The first kappa shape index (κ1) is 27.0. The van der Waals surface area contributed by atoms with Gasteiger partial charge in [-0.1, -0.05) is 123 Å². The van der Waals surface area contributed by atoms with Gasteiger partial charge in [-0.25, -0.2) is 0 Å². The lowest BCUT2D eigenvalue weighted by molar-refractivity contribution is 0.266. The van der Waals surface area contributed by atoms with Crippen molar-refractivity contribution in [3.05, 3.63) is 123 Å². The van der Waals surface area contributed by atoms with Gasteiger partial charge in [0.15, 0.2) is 11.5 Å². The molecule has 0 aromatic heterocycles. The Hall–Kier alpha value is -5.22. The predicted octanol–water partition coefficient (Wildman–Crippen LogP) is 9.71. The summed E-state index contributed by atoms with van der Waals surface area (Å²) in [6, 6.07) is 25.6. The van der Waals surface area contributed by atoms with Crippen LogP contribution < -0.4 is 18.9 Å².